The van der Waals surface area contributed by atoms with Crippen LogP contribution >= 0.6 is 27.7 Å². The van der Waals surface area contributed by atoms with Crippen LogP contribution in [0.4, 0.5) is 11.4 Å². The first-order valence-electron chi connectivity index (χ1n) is 7.48. The molecule has 0 aliphatic heterocycles. The molecule has 0 saturated heterocycles. The highest BCUT2D eigenvalue weighted by atomic mass is 79.9. The molecule has 0 radical (unpaired) electrons. The minimum Gasteiger partial charge on any atom is -0.343 e. The molecule has 26 heavy (non-hydrogen) atoms. The summed E-state index contributed by atoms with van der Waals surface area (Å²) in [6.07, 6.45) is 1.72. The normalized spacial score (nSPS) is 10.3. The summed E-state index contributed by atoms with van der Waals surface area (Å²) in [7, 11) is 0. The molecule has 0 fully saturated rings. The molecule has 2 rings (SSSR count). The molecule has 0 aliphatic rings. The standard InChI is InChI=1S/C17H16BrN3O4S/c1-10-7-12(18)4-5-13(10)20-16(22)9-19-17(23)11-3-6-15(26-2)14(8-11)21(24)25/h3-8H,9H2,1-2H3,(H,19,23)(H,20,22). The molecule has 0 atom stereocenters. The van der Waals surface area contributed by atoms with Gasteiger partial charge in [-0.05, 0) is 49.1 Å². The van der Waals surface area contributed by atoms with Crippen molar-refractivity contribution in [1.82, 2.24) is 5.32 Å². The summed E-state index contributed by atoms with van der Waals surface area (Å²) >= 11 is 4.57. The third kappa shape index (κ3) is 5.06. The fourth-order valence-corrected chi connectivity index (χ4v) is 3.22. The number of nitro benzene ring substituents is 1. The zero-order valence-electron chi connectivity index (χ0n) is 14.0. The molecule has 0 aliphatic carbocycles. The number of rotatable bonds is 6. The number of thioether (sulfide) groups is 1. The van der Waals surface area contributed by atoms with Gasteiger partial charge in [-0.2, -0.15) is 0 Å². The van der Waals surface area contributed by atoms with Gasteiger partial charge in [0.2, 0.25) is 5.91 Å². The maximum Gasteiger partial charge on any atom is 0.283 e. The van der Waals surface area contributed by atoms with Crippen molar-refractivity contribution >= 4 is 50.9 Å². The van der Waals surface area contributed by atoms with Crippen molar-refractivity contribution in [2.45, 2.75) is 11.8 Å². The quantitative estimate of drug-likeness (QED) is 0.406. The van der Waals surface area contributed by atoms with Crippen LogP contribution in [-0.4, -0.2) is 29.5 Å². The molecule has 0 heterocycles. The molecule has 2 amide bonds. The molecule has 2 N–H and O–H groups in total. The molecular formula is C17H16BrN3O4S. The third-order valence-electron chi connectivity index (χ3n) is 3.51. The van der Waals surface area contributed by atoms with Crippen molar-refractivity contribution in [2.75, 3.05) is 18.1 Å². The van der Waals surface area contributed by atoms with Crippen molar-refractivity contribution < 1.29 is 14.5 Å². The van der Waals surface area contributed by atoms with E-state index in [1.165, 1.54) is 30.0 Å². The van der Waals surface area contributed by atoms with Crippen molar-refractivity contribution in [2.24, 2.45) is 0 Å². The van der Waals surface area contributed by atoms with Crippen LogP contribution in [0.3, 0.4) is 0 Å². The molecule has 0 saturated carbocycles. The van der Waals surface area contributed by atoms with Crippen molar-refractivity contribution in [3.05, 3.63) is 62.1 Å². The number of benzene rings is 2. The highest BCUT2D eigenvalue weighted by Gasteiger charge is 2.17. The highest BCUT2D eigenvalue weighted by Crippen LogP contribution is 2.28. The van der Waals surface area contributed by atoms with E-state index in [1.54, 1.807) is 18.4 Å². The maximum atomic E-state index is 12.2. The summed E-state index contributed by atoms with van der Waals surface area (Å²) in [5, 5.41) is 16.2. The van der Waals surface area contributed by atoms with E-state index in [1.807, 2.05) is 13.0 Å². The average Bonchev–Trinajstić information content (AvgIpc) is 2.61. The first kappa shape index (κ1) is 19.9. The minimum atomic E-state index is -0.552. The fourth-order valence-electron chi connectivity index (χ4n) is 2.20. The summed E-state index contributed by atoms with van der Waals surface area (Å²) < 4.78 is 0.900. The van der Waals surface area contributed by atoms with Gasteiger partial charge < -0.3 is 10.6 Å². The lowest BCUT2D eigenvalue weighted by Crippen LogP contribution is -2.33. The Morgan fingerprint density at radius 2 is 1.96 bits per heavy atom. The van der Waals surface area contributed by atoms with Crippen LogP contribution in [0, 0.1) is 17.0 Å². The molecular weight excluding hydrogens is 422 g/mol. The molecule has 2 aromatic carbocycles. The maximum absolute atomic E-state index is 12.2. The van der Waals surface area contributed by atoms with Crippen LogP contribution in [0.5, 0.6) is 0 Å². The van der Waals surface area contributed by atoms with E-state index in [2.05, 4.69) is 26.6 Å². The van der Waals surface area contributed by atoms with E-state index >= 15 is 0 Å². The lowest BCUT2D eigenvalue weighted by molar-refractivity contribution is -0.387. The lowest BCUT2D eigenvalue weighted by Gasteiger charge is -2.10. The molecule has 7 nitrogen and oxygen atoms in total. The SMILES string of the molecule is CSc1ccc(C(=O)NCC(=O)Nc2ccc(Br)cc2C)cc1[N+](=O)[O-]. The first-order valence-corrected chi connectivity index (χ1v) is 9.50. The van der Waals surface area contributed by atoms with E-state index in [9.17, 15) is 19.7 Å². The molecule has 9 heteroatoms. The molecule has 0 spiro atoms. The van der Waals surface area contributed by atoms with Gasteiger partial charge >= 0.3 is 0 Å². The molecule has 0 unspecified atom stereocenters. The number of carbonyl (C=O) groups is 2. The van der Waals surface area contributed by atoms with Gasteiger partial charge in [0.25, 0.3) is 11.6 Å². The van der Waals surface area contributed by atoms with Gasteiger partial charge in [-0.15, -0.1) is 11.8 Å². The molecule has 136 valence electrons. The Morgan fingerprint density at radius 1 is 1.23 bits per heavy atom. The first-order chi connectivity index (χ1) is 12.3. The van der Waals surface area contributed by atoms with Crippen molar-refractivity contribution in [3.8, 4) is 0 Å². The summed E-state index contributed by atoms with van der Waals surface area (Å²) in [5.41, 5.74) is 1.51. The van der Waals surface area contributed by atoms with Crippen LogP contribution < -0.4 is 10.6 Å². The highest BCUT2D eigenvalue weighted by molar-refractivity contribution is 9.10. The third-order valence-corrected chi connectivity index (χ3v) is 4.79. The van der Waals surface area contributed by atoms with Gasteiger partial charge in [0.15, 0.2) is 0 Å². The molecule has 0 aromatic heterocycles. The van der Waals surface area contributed by atoms with Gasteiger partial charge in [0, 0.05) is 21.8 Å². The van der Waals surface area contributed by atoms with E-state index in [-0.39, 0.29) is 23.7 Å². The summed E-state index contributed by atoms with van der Waals surface area (Å²) in [6, 6.07) is 9.63. The number of halogens is 1. The zero-order chi connectivity index (χ0) is 19.3. The average molecular weight is 438 g/mol. The Bertz CT molecular complexity index is 873. The number of nitro groups is 1. The number of amides is 2. The number of nitrogens with zero attached hydrogens (tertiary/aromatic N) is 1. The Labute approximate surface area is 162 Å². The van der Waals surface area contributed by atoms with Crippen LogP contribution in [0.25, 0.3) is 0 Å². The van der Waals surface area contributed by atoms with Crippen LogP contribution in [-0.2, 0) is 4.79 Å². The number of hydrogen-bond acceptors (Lipinski definition) is 5. The van der Waals surface area contributed by atoms with Gasteiger partial charge in [-0.3, -0.25) is 19.7 Å². The van der Waals surface area contributed by atoms with Gasteiger partial charge in [0.1, 0.15) is 0 Å². The largest absolute Gasteiger partial charge is 0.343 e. The van der Waals surface area contributed by atoms with Crippen molar-refractivity contribution in [3.63, 3.8) is 0 Å². The predicted octanol–water partition coefficient (Wildman–Crippen LogP) is 3.76. The Hall–Kier alpha value is -2.39. The summed E-state index contributed by atoms with van der Waals surface area (Å²) in [5.74, 6) is -0.942. The molecule has 2 aromatic rings. The summed E-state index contributed by atoms with van der Waals surface area (Å²) in [6.45, 7) is 1.61. The summed E-state index contributed by atoms with van der Waals surface area (Å²) in [4.78, 5) is 35.2. The van der Waals surface area contributed by atoms with Gasteiger partial charge in [0.05, 0.1) is 16.4 Å². The van der Waals surface area contributed by atoms with E-state index in [4.69, 9.17) is 0 Å². The molecule has 0 bridgehead atoms. The van der Waals surface area contributed by atoms with E-state index in [0.717, 1.165) is 10.0 Å². The Balaban J connectivity index is 2.00. The zero-order valence-corrected chi connectivity index (χ0v) is 16.4. The minimum absolute atomic E-state index is 0.127. The van der Waals surface area contributed by atoms with Crippen LogP contribution in [0.2, 0.25) is 0 Å². The van der Waals surface area contributed by atoms with Gasteiger partial charge in [-0.1, -0.05) is 15.9 Å². The lowest BCUT2D eigenvalue weighted by atomic mass is 10.2. The second-order valence-corrected chi connectivity index (χ2v) is 7.10. The van der Waals surface area contributed by atoms with E-state index < -0.39 is 10.8 Å². The van der Waals surface area contributed by atoms with Crippen LogP contribution in [0.1, 0.15) is 15.9 Å². The number of carbonyl (C=O) groups excluding carboxylic acids is 2. The number of nitrogens with one attached hydrogen (secondary N) is 2. The second kappa shape index (κ2) is 8.81. The smallest absolute Gasteiger partial charge is 0.283 e. The van der Waals surface area contributed by atoms with Gasteiger partial charge in [-0.25, -0.2) is 0 Å². The Kier molecular flexibility index (Phi) is 6.76. The van der Waals surface area contributed by atoms with Crippen molar-refractivity contribution in [1.29, 1.82) is 0 Å². The topological polar surface area (TPSA) is 101 Å². The number of anilines is 1. The Morgan fingerprint density at radius 3 is 2.58 bits per heavy atom. The predicted molar refractivity (Wildman–Crippen MR) is 105 cm³/mol. The number of hydrogen-bond donors (Lipinski definition) is 2. The monoisotopic (exact) mass is 437 g/mol. The fraction of sp³-hybridized carbons (Fsp3) is 0.176. The van der Waals surface area contributed by atoms with Crippen LogP contribution in [0.15, 0.2) is 45.8 Å². The second-order valence-electron chi connectivity index (χ2n) is 5.33. The van der Waals surface area contributed by atoms with E-state index in [0.29, 0.717) is 10.6 Å². The number of aryl methyl sites for hydroxylation is 1.